The minimum atomic E-state index is -0.237. The van der Waals surface area contributed by atoms with E-state index in [1.165, 1.54) is 5.56 Å². The fraction of sp³-hybridized carbons (Fsp3) is 0.263. The van der Waals surface area contributed by atoms with Crippen molar-refractivity contribution in [2.45, 2.75) is 26.4 Å². The summed E-state index contributed by atoms with van der Waals surface area (Å²) in [6.07, 6.45) is 0.610. The van der Waals surface area contributed by atoms with E-state index in [9.17, 15) is 4.79 Å². The van der Waals surface area contributed by atoms with Crippen LogP contribution in [0.25, 0.3) is 0 Å². The molecule has 2 aromatic carbocycles. The second kappa shape index (κ2) is 8.60. The van der Waals surface area contributed by atoms with Crippen LogP contribution in [0.2, 0.25) is 0 Å². The van der Waals surface area contributed by atoms with Crippen molar-refractivity contribution in [1.82, 2.24) is 5.32 Å². The molecule has 2 aromatic rings. The smallest absolute Gasteiger partial charge is 0.234 e. The molecule has 23 heavy (non-hydrogen) atoms. The number of nitrogens with zero attached hydrogens (tertiary/aromatic N) is 1. The van der Waals surface area contributed by atoms with Crippen LogP contribution in [-0.2, 0) is 17.8 Å². The van der Waals surface area contributed by atoms with Gasteiger partial charge in [-0.25, -0.2) is 0 Å². The summed E-state index contributed by atoms with van der Waals surface area (Å²) in [5, 5.41) is 11.1. The lowest BCUT2D eigenvalue weighted by Crippen LogP contribution is -2.24. The Kier molecular flexibility index (Phi) is 6.19. The zero-order valence-electron chi connectivity index (χ0n) is 13.2. The highest BCUT2D eigenvalue weighted by atomic mass is 16.5. The Balaban J connectivity index is 1.85. The van der Waals surface area contributed by atoms with Gasteiger partial charge in [0.05, 0.1) is 6.07 Å². The number of rotatable bonds is 7. The molecule has 4 nitrogen and oxygen atoms in total. The summed E-state index contributed by atoms with van der Waals surface area (Å²) in [4.78, 5) is 11.2. The van der Waals surface area contributed by atoms with E-state index in [1.54, 1.807) is 0 Å². The summed E-state index contributed by atoms with van der Waals surface area (Å²) >= 11 is 0. The summed E-state index contributed by atoms with van der Waals surface area (Å²) < 4.78 is 5.82. The number of hydrogen-bond donors (Lipinski definition) is 1. The molecule has 0 spiro atoms. The number of benzene rings is 2. The molecule has 2 rings (SSSR count). The molecule has 0 radical (unpaired) electrons. The Morgan fingerprint density at radius 1 is 1.17 bits per heavy atom. The molecule has 1 N–H and O–H groups in total. The van der Waals surface area contributed by atoms with E-state index in [0.29, 0.717) is 19.6 Å². The summed E-state index contributed by atoms with van der Waals surface area (Å²) in [7, 11) is 0. The van der Waals surface area contributed by atoms with Crippen molar-refractivity contribution < 1.29 is 9.53 Å². The molecule has 1 amide bonds. The second-order valence-corrected chi connectivity index (χ2v) is 5.36. The number of aryl methyl sites for hydroxylation is 1. The molecule has 0 aliphatic heterocycles. The first-order valence-electron chi connectivity index (χ1n) is 7.58. The zero-order valence-corrected chi connectivity index (χ0v) is 13.2. The van der Waals surface area contributed by atoms with Gasteiger partial charge < -0.3 is 10.1 Å². The van der Waals surface area contributed by atoms with Gasteiger partial charge >= 0.3 is 0 Å². The molecule has 0 fully saturated rings. The lowest BCUT2D eigenvalue weighted by atomic mass is 10.1. The van der Waals surface area contributed by atoms with Crippen LogP contribution < -0.4 is 10.1 Å². The SMILES string of the molecule is Cc1cccc(COc2cccc(CCNC(=O)CC#N)c2)c1. The van der Waals surface area contributed by atoms with Gasteiger partial charge in [0.25, 0.3) is 0 Å². The number of carbonyl (C=O) groups excluding carboxylic acids is 1. The third-order valence-corrected chi connectivity index (χ3v) is 3.36. The maximum absolute atomic E-state index is 11.2. The van der Waals surface area contributed by atoms with Gasteiger partial charge in [-0.1, -0.05) is 42.0 Å². The first-order valence-corrected chi connectivity index (χ1v) is 7.58. The molecular weight excluding hydrogens is 288 g/mol. The van der Waals surface area contributed by atoms with E-state index in [0.717, 1.165) is 16.9 Å². The second-order valence-electron chi connectivity index (χ2n) is 5.36. The van der Waals surface area contributed by atoms with Crippen LogP contribution in [0.4, 0.5) is 0 Å². The third-order valence-electron chi connectivity index (χ3n) is 3.36. The quantitative estimate of drug-likeness (QED) is 0.854. The fourth-order valence-electron chi connectivity index (χ4n) is 2.24. The van der Waals surface area contributed by atoms with E-state index < -0.39 is 0 Å². The van der Waals surface area contributed by atoms with Gasteiger partial charge in [-0.15, -0.1) is 0 Å². The molecule has 0 aliphatic carbocycles. The summed E-state index contributed by atoms with van der Waals surface area (Å²) in [6, 6.07) is 17.9. The predicted octanol–water partition coefficient (Wildman–Crippen LogP) is 3.15. The first-order chi connectivity index (χ1) is 11.2. The Hall–Kier alpha value is -2.80. The van der Waals surface area contributed by atoms with Gasteiger partial charge in [0.1, 0.15) is 18.8 Å². The Morgan fingerprint density at radius 2 is 1.96 bits per heavy atom. The lowest BCUT2D eigenvalue weighted by Gasteiger charge is -2.09. The molecule has 0 unspecified atom stereocenters. The molecule has 0 saturated heterocycles. The topological polar surface area (TPSA) is 62.1 Å². The maximum Gasteiger partial charge on any atom is 0.234 e. The largest absolute Gasteiger partial charge is 0.489 e. The average Bonchev–Trinajstić information content (AvgIpc) is 2.54. The molecule has 118 valence electrons. The number of ether oxygens (including phenoxy) is 1. The van der Waals surface area contributed by atoms with Crippen molar-refractivity contribution in [3.05, 3.63) is 65.2 Å². The van der Waals surface area contributed by atoms with Crippen molar-refractivity contribution >= 4 is 5.91 Å². The maximum atomic E-state index is 11.2. The highest BCUT2D eigenvalue weighted by molar-refractivity contribution is 5.77. The Labute approximate surface area is 136 Å². The molecule has 0 heterocycles. The van der Waals surface area contributed by atoms with E-state index >= 15 is 0 Å². The van der Waals surface area contributed by atoms with Gasteiger partial charge in [-0.05, 0) is 36.6 Å². The molecule has 0 atom stereocenters. The first kappa shape index (κ1) is 16.6. The fourth-order valence-corrected chi connectivity index (χ4v) is 2.24. The summed E-state index contributed by atoms with van der Waals surface area (Å²) in [5.74, 6) is 0.576. The Bertz CT molecular complexity index is 705. The Morgan fingerprint density at radius 3 is 2.74 bits per heavy atom. The van der Waals surface area contributed by atoms with Crippen molar-refractivity contribution in [3.63, 3.8) is 0 Å². The van der Waals surface area contributed by atoms with E-state index in [4.69, 9.17) is 10.00 Å². The minimum Gasteiger partial charge on any atom is -0.489 e. The number of amides is 1. The number of carbonyl (C=O) groups is 1. The third kappa shape index (κ3) is 5.84. The lowest BCUT2D eigenvalue weighted by molar-refractivity contribution is -0.120. The molecule has 0 bridgehead atoms. The molecule has 4 heteroatoms. The van der Waals surface area contributed by atoms with Crippen LogP contribution in [0, 0.1) is 18.3 Å². The molecule has 0 aliphatic rings. The van der Waals surface area contributed by atoms with Crippen molar-refractivity contribution in [1.29, 1.82) is 5.26 Å². The summed E-state index contributed by atoms with van der Waals surface area (Å²) in [5.41, 5.74) is 3.44. The molecular formula is C19H20N2O2. The number of nitriles is 1. The van der Waals surface area contributed by atoms with Crippen LogP contribution in [-0.4, -0.2) is 12.5 Å². The van der Waals surface area contributed by atoms with Crippen LogP contribution >= 0.6 is 0 Å². The highest BCUT2D eigenvalue weighted by Gasteiger charge is 2.01. The van der Waals surface area contributed by atoms with E-state index in [1.807, 2.05) is 42.5 Å². The molecule has 0 aromatic heterocycles. The van der Waals surface area contributed by atoms with Gasteiger partial charge in [0, 0.05) is 6.54 Å². The summed E-state index contributed by atoms with van der Waals surface area (Å²) in [6.45, 7) is 3.11. The van der Waals surface area contributed by atoms with E-state index in [-0.39, 0.29) is 12.3 Å². The van der Waals surface area contributed by atoms with Crippen LogP contribution in [0.1, 0.15) is 23.1 Å². The van der Waals surface area contributed by atoms with Crippen molar-refractivity contribution in [3.8, 4) is 11.8 Å². The van der Waals surface area contributed by atoms with Gasteiger partial charge in [-0.3, -0.25) is 4.79 Å². The standard InChI is InChI=1S/C19H20N2O2/c1-15-4-2-6-17(12-15)14-23-18-7-3-5-16(13-18)9-11-21-19(22)8-10-20/h2-7,12-13H,8-9,11,14H2,1H3,(H,21,22). The van der Waals surface area contributed by atoms with Crippen molar-refractivity contribution in [2.24, 2.45) is 0 Å². The number of nitrogens with one attached hydrogen (secondary N) is 1. The monoisotopic (exact) mass is 308 g/mol. The minimum absolute atomic E-state index is 0.0976. The van der Waals surface area contributed by atoms with Crippen LogP contribution in [0.5, 0.6) is 5.75 Å². The normalized spacial score (nSPS) is 9.91. The van der Waals surface area contributed by atoms with Gasteiger partial charge in [0.15, 0.2) is 0 Å². The zero-order chi connectivity index (χ0) is 16.5. The van der Waals surface area contributed by atoms with Crippen LogP contribution in [0.3, 0.4) is 0 Å². The molecule has 0 saturated carbocycles. The van der Waals surface area contributed by atoms with Crippen LogP contribution in [0.15, 0.2) is 48.5 Å². The number of hydrogen-bond acceptors (Lipinski definition) is 3. The average molecular weight is 308 g/mol. The highest BCUT2D eigenvalue weighted by Crippen LogP contribution is 2.16. The predicted molar refractivity (Wildman–Crippen MR) is 88.9 cm³/mol. The van der Waals surface area contributed by atoms with Gasteiger partial charge in [0.2, 0.25) is 5.91 Å². The van der Waals surface area contributed by atoms with Gasteiger partial charge in [-0.2, -0.15) is 5.26 Å². The van der Waals surface area contributed by atoms with E-state index in [2.05, 4.69) is 24.4 Å². The van der Waals surface area contributed by atoms with Crippen molar-refractivity contribution in [2.75, 3.05) is 6.54 Å².